The Labute approximate surface area is 72.5 Å². The van der Waals surface area contributed by atoms with Gasteiger partial charge >= 0.3 is 0 Å². The fourth-order valence-electron chi connectivity index (χ4n) is 1.85. The molecule has 3 nitrogen and oxygen atoms in total. The summed E-state index contributed by atoms with van der Waals surface area (Å²) in [6.45, 7) is 1.95. The zero-order valence-electron chi connectivity index (χ0n) is 7.32. The lowest BCUT2D eigenvalue weighted by Gasteiger charge is -2.12. The van der Waals surface area contributed by atoms with Gasteiger partial charge in [0.1, 0.15) is 6.29 Å². The summed E-state index contributed by atoms with van der Waals surface area (Å²) in [4.78, 5) is 20.6. The summed E-state index contributed by atoms with van der Waals surface area (Å²) in [6, 6.07) is 0.301. The van der Waals surface area contributed by atoms with Crippen molar-refractivity contribution in [3.8, 4) is 0 Å². The topological polar surface area (TPSA) is 46.2 Å². The molecule has 3 unspecified atom stereocenters. The van der Waals surface area contributed by atoms with Crippen LogP contribution >= 0.6 is 0 Å². The number of hydrogen-bond donors (Lipinski definition) is 1. The highest BCUT2D eigenvalue weighted by atomic mass is 16.1. The molecule has 1 saturated carbocycles. The Morgan fingerprint density at radius 2 is 2.17 bits per heavy atom. The minimum atomic E-state index is 0.142. The van der Waals surface area contributed by atoms with Crippen LogP contribution in [0, 0.1) is 11.8 Å². The molecule has 1 aliphatic rings. The second-order valence-corrected chi connectivity index (χ2v) is 3.55. The van der Waals surface area contributed by atoms with Gasteiger partial charge in [0.2, 0.25) is 6.41 Å². The van der Waals surface area contributed by atoms with Gasteiger partial charge in [0.25, 0.3) is 0 Å². The van der Waals surface area contributed by atoms with E-state index in [1.807, 2.05) is 6.92 Å². The van der Waals surface area contributed by atoms with Gasteiger partial charge in [-0.05, 0) is 25.2 Å². The molecular formula is C9H15NO2. The molecule has 1 fully saturated rings. The SMILES string of the molecule is CC(C=O)C1CCC(NC=O)C1. The zero-order chi connectivity index (χ0) is 8.97. The lowest BCUT2D eigenvalue weighted by atomic mass is 9.94. The molecule has 0 aromatic carbocycles. The van der Waals surface area contributed by atoms with Crippen LogP contribution in [0.3, 0.4) is 0 Å². The molecular weight excluding hydrogens is 154 g/mol. The molecule has 0 heterocycles. The van der Waals surface area contributed by atoms with Crippen molar-refractivity contribution < 1.29 is 9.59 Å². The third kappa shape index (κ3) is 2.06. The average Bonchev–Trinajstić information content (AvgIpc) is 2.52. The van der Waals surface area contributed by atoms with E-state index in [-0.39, 0.29) is 5.92 Å². The number of amides is 1. The molecule has 0 aromatic heterocycles. The van der Waals surface area contributed by atoms with E-state index in [4.69, 9.17) is 0 Å². The van der Waals surface area contributed by atoms with Crippen LogP contribution in [0.25, 0.3) is 0 Å². The van der Waals surface area contributed by atoms with Crippen molar-refractivity contribution in [2.45, 2.75) is 32.2 Å². The minimum Gasteiger partial charge on any atom is -0.356 e. The summed E-state index contributed by atoms with van der Waals surface area (Å²) >= 11 is 0. The number of carbonyl (C=O) groups is 2. The molecule has 3 atom stereocenters. The van der Waals surface area contributed by atoms with Gasteiger partial charge in [0.05, 0.1) is 0 Å². The van der Waals surface area contributed by atoms with Crippen molar-refractivity contribution in [2.24, 2.45) is 11.8 Å². The highest BCUT2D eigenvalue weighted by Gasteiger charge is 2.27. The molecule has 0 aliphatic heterocycles. The summed E-state index contributed by atoms with van der Waals surface area (Å²) in [5, 5.41) is 2.76. The van der Waals surface area contributed by atoms with E-state index in [0.717, 1.165) is 32.0 Å². The smallest absolute Gasteiger partial charge is 0.207 e. The van der Waals surface area contributed by atoms with Crippen LogP contribution < -0.4 is 5.32 Å². The van der Waals surface area contributed by atoms with Crippen LogP contribution in [0.4, 0.5) is 0 Å². The summed E-state index contributed by atoms with van der Waals surface area (Å²) in [6.07, 6.45) is 4.79. The van der Waals surface area contributed by atoms with Gasteiger partial charge in [0, 0.05) is 12.0 Å². The number of aldehydes is 1. The first-order valence-electron chi connectivity index (χ1n) is 4.43. The van der Waals surface area contributed by atoms with Crippen LogP contribution in [0.5, 0.6) is 0 Å². The van der Waals surface area contributed by atoms with Crippen LogP contribution in [-0.4, -0.2) is 18.7 Å². The fourth-order valence-corrected chi connectivity index (χ4v) is 1.85. The van der Waals surface area contributed by atoms with Gasteiger partial charge in [0.15, 0.2) is 0 Å². The van der Waals surface area contributed by atoms with Crippen LogP contribution in [0.2, 0.25) is 0 Å². The summed E-state index contributed by atoms with van der Waals surface area (Å²) in [7, 11) is 0. The molecule has 1 rings (SSSR count). The molecule has 1 N–H and O–H groups in total. The Morgan fingerprint density at radius 3 is 2.75 bits per heavy atom. The zero-order valence-corrected chi connectivity index (χ0v) is 7.32. The average molecular weight is 169 g/mol. The molecule has 0 radical (unpaired) electrons. The molecule has 1 amide bonds. The highest BCUT2D eigenvalue weighted by Crippen LogP contribution is 2.30. The van der Waals surface area contributed by atoms with Crippen molar-refractivity contribution in [1.29, 1.82) is 0 Å². The molecule has 68 valence electrons. The van der Waals surface area contributed by atoms with Gasteiger partial charge in [-0.2, -0.15) is 0 Å². The molecule has 0 saturated heterocycles. The Bertz CT molecular complexity index is 170. The summed E-state index contributed by atoms with van der Waals surface area (Å²) < 4.78 is 0. The monoisotopic (exact) mass is 169 g/mol. The number of hydrogen-bond acceptors (Lipinski definition) is 2. The normalized spacial score (nSPS) is 31.1. The summed E-state index contributed by atoms with van der Waals surface area (Å²) in [5.74, 6) is 0.614. The first-order chi connectivity index (χ1) is 5.77. The number of rotatable bonds is 4. The molecule has 12 heavy (non-hydrogen) atoms. The largest absolute Gasteiger partial charge is 0.356 e. The maximum Gasteiger partial charge on any atom is 0.207 e. The highest BCUT2D eigenvalue weighted by molar-refractivity contribution is 5.53. The predicted molar refractivity (Wildman–Crippen MR) is 45.6 cm³/mol. The number of nitrogens with one attached hydrogen (secondary N) is 1. The second kappa shape index (κ2) is 4.24. The van der Waals surface area contributed by atoms with E-state index in [2.05, 4.69) is 5.32 Å². The van der Waals surface area contributed by atoms with E-state index in [0.29, 0.717) is 12.0 Å². The van der Waals surface area contributed by atoms with Crippen LogP contribution in [0.15, 0.2) is 0 Å². The van der Waals surface area contributed by atoms with E-state index in [1.165, 1.54) is 0 Å². The Hall–Kier alpha value is -0.860. The first-order valence-corrected chi connectivity index (χ1v) is 4.43. The quantitative estimate of drug-likeness (QED) is 0.631. The summed E-state index contributed by atoms with van der Waals surface area (Å²) in [5.41, 5.74) is 0. The minimum absolute atomic E-state index is 0.142. The van der Waals surface area contributed by atoms with Gasteiger partial charge in [-0.25, -0.2) is 0 Å². The Morgan fingerprint density at radius 1 is 1.42 bits per heavy atom. The van der Waals surface area contributed by atoms with Gasteiger partial charge in [-0.15, -0.1) is 0 Å². The van der Waals surface area contributed by atoms with Gasteiger partial charge in [-0.1, -0.05) is 6.92 Å². The maximum atomic E-state index is 10.5. The molecule has 0 spiro atoms. The predicted octanol–water partition coefficient (Wildman–Crippen LogP) is 0.736. The Kier molecular flexibility index (Phi) is 3.26. The van der Waals surface area contributed by atoms with Crippen molar-refractivity contribution in [2.75, 3.05) is 0 Å². The molecule has 3 heteroatoms. The molecule has 0 bridgehead atoms. The first kappa shape index (κ1) is 9.23. The van der Waals surface area contributed by atoms with Crippen LogP contribution in [0.1, 0.15) is 26.2 Å². The lowest BCUT2D eigenvalue weighted by molar-refractivity contribution is -0.112. The number of carbonyl (C=O) groups excluding carboxylic acids is 2. The molecule has 0 aromatic rings. The molecule has 1 aliphatic carbocycles. The maximum absolute atomic E-state index is 10.5. The van der Waals surface area contributed by atoms with E-state index >= 15 is 0 Å². The van der Waals surface area contributed by atoms with Gasteiger partial charge < -0.3 is 10.1 Å². The fraction of sp³-hybridized carbons (Fsp3) is 0.778. The lowest BCUT2D eigenvalue weighted by Crippen LogP contribution is -2.25. The Balaban J connectivity index is 2.34. The standard InChI is InChI=1S/C9H15NO2/c1-7(5-11)8-2-3-9(4-8)10-6-12/h5-9H,2-4H2,1H3,(H,10,12). The van der Waals surface area contributed by atoms with E-state index in [9.17, 15) is 9.59 Å². The van der Waals surface area contributed by atoms with Crippen molar-refractivity contribution in [3.05, 3.63) is 0 Å². The van der Waals surface area contributed by atoms with E-state index < -0.39 is 0 Å². The van der Waals surface area contributed by atoms with Crippen molar-refractivity contribution in [3.63, 3.8) is 0 Å². The van der Waals surface area contributed by atoms with E-state index in [1.54, 1.807) is 0 Å². The second-order valence-electron chi connectivity index (χ2n) is 3.55. The third-order valence-electron chi connectivity index (χ3n) is 2.74. The van der Waals surface area contributed by atoms with Crippen molar-refractivity contribution in [1.82, 2.24) is 5.32 Å². The van der Waals surface area contributed by atoms with Gasteiger partial charge in [-0.3, -0.25) is 4.79 Å². The third-order valence-corrected chi connectivity index (χ3v) is 2.74. The van der Waals surface area contributed by atoms with Crippen LogP contribution in [-0.2, 0) is 9.59 Å². The van der Waals surface area contributed by atoms with Crippen molar-refractivity contribution >= 4 is 12.7 Å².